The summed E-state index contributed by atoms with van der Waals surface area (Å²) in [5.41, 5.74) is 6.21. The first-order valence-electron chi connectivity index (χ1n) is 6.20. The molecule has 0 aliphatic heterocycles. The highest BCUT2D eigenvalue weighted by atomic mass is 79.9. The van der Waals surface area contributed by atoms with E-state index in [1.807, 2.05) is 0 Å². The zero-order valence-electron chi connectivity index (χ0n) is 10.4. The molecule has 2 N–H and O–H groups in total. The van der Waals surface area contributed by atoms with E-state index in [4.69, 9.17) is 5.73 Å². The summed E-state index contributed by atoms with van der Waals surface area (Å²) in [4.78, 5) is 0.371. The van der Waals surface area contributed by atoms with Crippen molar-refractivity contribution in [3.63, 3.8) is 0 Å². The number of rotatable bonds is 2. The van der Waals surface area contributed by atoms with E-state index in [9.17, 15) is 8.42 Å². The van der Waals surface area contributed by atoms with E-state index in [0.717, 1.165) is 25.7 Å². The highest BCUT2D eigenvalue weighted by Gasteiger charge is 2.32. The third kappa shape index (κ3) is 2.72. The molecule has 0 saturated heterocycles. The number of hydrogen-bond donors (Lipinski definition) is 1. The molecule has 5 heteroatoms. The van der Waals surface area contributed by atoms with Gasteiger partial charge in [0, 0.05) is 10.2 Å². The summed E-state index contributed by atoms with van der Waals surface area (Å²) in [5.74, 6) is 0.492. The van der Waals surface area contributed by atoms with Crippen molar-refractivity contribution < 1.29 is 8.42 Å². The molecule has 0 spiro atoms. The minimum Gasteiger partial charge on any atom is -0.399 e. The fourth-order valence-corrected chi connectivity index (χ4v) is 5.67. The van der Waals surface area contributed by atoms with E-state index in [1.54, 1.807) is 18.2 Å². The fraction of sp³-hybridized carbons (Fsp3) is 0.538. The van der Waals surface area contributed by atoms with Crippen molar-refractivity contribution in [2.45, 2.75) is 42.8 Å². The number of nitrogen functional groups attached to an aromatic ring is 1. The van der Waals surface area contributed by atoms with Crippen LogP contribution in [0.5, 0.6) is 0 Å². The minimum absolute atomic E-state index is 0.249. The Morgan fingerprint density at radius 1 is 1.33 bits per heavy atom. The molecule has 0 amide bonds. The quantitative estimate of drug-likeness (QED) is 0.845. The van der Waals surface area contributed by atoms with E-state index < -0.39 is 9.84 Å². The SMILES string of the molecule is CC1CCCC(S(=O)(=O)c2ccc(N)cc2Br)C1. The normalized spacial score (nSPS) is 25.0. The Morgan fingerprint density at radius 2 is 2.06 bits per heavy atom. The van der Waals surface area contributed by atoms with Gasteiger partial charge in [-0.2, -0.15) is 0 Å². The zero-order valence-corrected chi connectivity index (χ0v) is 12.8. The summed E-state index contributed by atoms with van der Waals surface area (Å²) in [6.45, 7) is 2.12. The first kappa shape index (κ1) is 13.9. The summed E-state index contributed by atoms with van der Waals surface area (Å²) in [6.07, 6.45) is 3.66. The number of anilines is 1. The Hall–Kier alpha value is -0.550. The van der Waals surface area contributed by atoms with Gasteiger partial charge in [0.25, 0.3) is 0 Å². The van der Waals surface area contributed by atoms with Gasteiger partial charge in [-0.1, -0.05) is 19.8 Å². The molecule has 0 aromatic heterocycles. The largest absolute Gasteiger partial charge is 0.399 e. The molecule has 1 aromatic rings. The molecule has 0 radical (unpaired) electrons. The van der Waals surface area contributed by atoms with Crippen molar-refractivity contribution in [2.24, 2.45) is 5.92 Å². The number of hydrogen-bond acceptors (Lipinski definition) is 3. The van der Waals surface area contributed by atoms with Crippen LogP contribution in [0.25, 0.3) is 0 Å². The number of nitrogens with two attached hydrogens (primary N) is 1. The average molecular weight is 332 g/mol. The lowest BCUT2D eigenvalue weighted by molar-refractivity contribution is 0.382. The van der Waals surface area contributed by atoms with Crippen molar-refractivity contribution in [3.8, 4) is 0 Å². The van der Waals surface area contributed by atoms with E-state index >= 15 is 0 Å². The van der Waals surface area contributed by atoms with Crippen molar-refractivity contribution in [3.05, 3.63) is 22.7 Å². The van der Waals surface area contributed by atoms with Gasteiger partial charge < -0.3 is 5.73 Å². The predicted octanol–water partition coefficient (Wildman–Crippen LogP) is 3.38. The van der Waals surface area contributed by atoms with Crippen LogP contribution in [0.2, 0.25) is 0 Å². The number of benzene rings is 1. The van der Waals surface area contributed by atoms with Gasteiger partial charge in [0.1, 0.15) is 0 Å². The molecule has 1 aliphatic carbocycles. The standard InChI is InChI=1S/C13H18BrNO2S/c1-9-3-2-4-11(7-9)18(16,17)13-6-5-10(15)8-12(13)14/h5-6,8-9,11H,2-4,7,15H2,1H3. The second kappa shape index (κ2) is 5.21. The Morgan fingerprint density at radius 3 is 2.67 bits per heavy atom. The van der Waals surface area contributed by atoms with Gasteiger partial charge in [0.05, 0.1) is 10.1 Å². The summed E-state index contributed by atoms with van der Waals surface area (Å²) < 4.78 is 25.8. The third-order valence-corrected chi connectivity index (χ3v) is 6.78. The molecule has 0 bridgehead atoms. The molecule has 1 saturated carbocycles. The van der Waals surface area contributed by atoms with Gasteiger partial charge >= 0.3 is 0 Å². The van der Waals surface area contributed by atoms with Gasteiger partial charge in [-0.05, 0) is 52.9 Å². The van der Waals surface area contributed by atoms with Crippen molar-refractivity contribution in [2.75, 3.05) is 5.73 Å². The van der Waals surface area contributed by atoms with Gasteiger partial charge in [-0.25, -0.2) is 8.42 Å². The van der Waals surface area contributed by atoms with Gasteiger partial charge in [0.15, 0.2) is 9.84 Å². The predicted molar refractivity (Wildman–Crippen MR) is 77.2 cm³/mol. The average Bonchev–Trinajstić information content (AvgIpc) is 2.28. The molecular formula is C13H18BrNO2S. The van der Waals surface area contributed by atoms with Gasteiger partial charge in [0.2, 0.25) is 0 Å². The molecule has 100 valence electrons. The third-order valence-electron chi connectivity index (χ3n) is 3.59. The van der Waals surface area contributed by atoms with Crippen LogP contribution in [-0.4, -0.2) is 13.7 Å². The summed E-state index contributed by atoms with van der Waals surface area (Å²) in [7, 11) is -3.24. The molecule has 3 nitrogen and oxygen atoms in total. The second-order valence-electron chi connectivity index (χ2n) is 5.13. The maximum Gasteiger partial charge on any atom is 0.182 e. The molecule has 2 rings (SSSR count). The Balaban J connectivity index is 2.35. The molecule has 1 fully saturated rings. The minimum atomic E-state index is -3.24. The number of sulfone groups is 1. The van der Waals surface area contributed by atoms with Crippen LogP contribution in [0.15, 0.2) is 27.6 Å². The topological polar surface area (TPSA) is 60.2 Å². The Kier molecular flexibility index (Phi) is 4.02. The highest BCUT2D eigenvalue weighted by molar-refractivity contribution is 9.10. The molecule has 18 heavy (non-hydrogen) atoms. The second-order valence-corrected chi connectivity index (χ2v) is 8.18. The summed E-state index contributed by atoms with van der Waals surface area (Å²) >= 11 is 3.31. The molecule has 1 aromatic carbocycles. The lowest BCUT2D eigenvalue weighted by Gasteiger charge is -2.26. The smallest absolute Gasteiger partial charge is 0.182 e. The summed E-state index contributed by atoms with van der Waals surface area (Å²) in [6, 6.07) is 4.90. The van der Waals surface area contributed by atoms with Gasteiger partial charge in [-0.3, -0.25) is 0 Å². The number of halogens is 1. The zero-order chi connectivity index (χ0) is 13.3. The molecule has 1 aliphatic rings. The molecule has 2 unspecified atom stereocenters. The van der Waals surface area contributed by atoms with Crippen LogP contribution in [-0.2, 0) is 9.84 Å². The van der Waals surface area contributed by atoms with E-state index in [0.29, 0.717) is 21.0 Å². The van der Waals surface area contributed by atoms with E-state index in [-0.39, 0.29) is 5.25 Å². The first-order valence-corrected chi connectivity index (χ1v) is 8.54. The molecular weight excluding hydrogens is 314 g/mol. The van der Waals surface area contributed by atoms with Crippen molar-refractivity contribution >= 4 is 31.5 Å². The lowest BCUT2D eigenvalue weighted by Crippen LogP contribution is -2.27. The molecule has 0 heterocycles. The Labute approximate surface area is 117 Å². The van der Waals surface area contributed by atoms with Crippen molar-refractivity contribution in [1.82, 2.24) is 0 Å². The van der Waals surface area contributed by atoms with Crippen LogP contribution in [0, 0.1) is 5.92 Å². The summed E-state index contributed by atoms with van der Waals surface area (Å²) in [5, 5.41) is -0.249. The maximum atomic E-state index is 12.6. The Bertz CT molecular complexity index is 542. The monoisotopic (exact) mass is 331 g/mol. The fourth-order valence-electron chi connectivity index (χ4n) is 2.59. The van der Waals surface area contributed by atoms with Crippen molar-refractivity contribution in [1.29, 1.82) is 0 Å². The van der Waals surface area contributed by atoms with Crippen LogP contribution < -0.4 is 5.73 Å². The maximum absolute atomic E-state index is 12.6. The lowest BCUT2D eigenvalue weighted by atomic mass is 9.91. The first-order chi connectivity index (χ1) is 8.41. The molecule has 2 atom stereocenters. The van der Waals surface area contributed by atoms with E-state index in [2.05, 4.69) is 22.9 Å². The van der Waals surface area contributed by atoms with Crippen LogP contribution >= 0.6 is 15.9 Å². The van der Waals surface area contributed by atoms with E-state index in [1.165, 1.54) is 0 Å². The highest BCUT2D eigenvalue weighted by Crippen LogP contribution is 2.34. The van der Waals surface area contributed by atoms with Crippen LogP contribution in [0.3, 0.4) is 0 Å². The van der Waals surface area contributed by atoms with Crippen LogP contribution in [0.1, 0.15) is 32.6 Å². The van der Waals surface area contributed by atoms with Crippen LogP contribution in [0.4, 0.5) is 5.69 Å². The van der Waals surface area contributed by atoms with Gasteiger partial charge in [-0.15, -0.1) is 0 Å².